The largest absolute Gasteiger partial charge is 0.366 e. The fourth-order valence-corrected chi connectivity index (χ4v) is 3.49. The van der Waals surface area contributed by atoms with Gasteiger partial charge in [-0.05, 0) is 50.0 Å². The van der Waals surface area contributed by atoms with Gasteiger partial charge in [0.15, 0.2) is 0 Å². The number of benzene rings is 2. The Bertz CT molecular complexity index is 892. The number of carbonyl (C=O) groups excluding carboxylic acids is 1. The molecule has 2 heterocycles. The highest BCUT2D eigenvalue weighted by Gasteiger charge is 2.13. The van der Waals surface area contributed by atoms with Crippen LogP contribution in [0.5, 0.6) is 0 Å². The zero-order chi connectivity index (χ0) is 17.2. The van der Waals surface area contributed by atoms with Crippen LogP contribution >= 0.6 is 0 Å². The van der Waals surface area contributed by atoms with Gasteiger partial charge in [0.2, 0.25) is 0 Å². The molecule has 0 radical (unpaired) electrons. The Labute approximate surface area is 146 Å². The lowest BCUT2D eigenvalue weighted by atomic mass is 10.1. The molecule has 0 aliphatic carbocycles. The van der Waals surface area contributed by atoms with E-state index in [4.69, 9.17) is 5.73 Å². The van der Waals surface area contributed by atoms with Crippen molar-refractivity contribution < 1.29 is 4.79 Å². The average Bonchev–Trinajstić information content (AvgIpc) is 3.29. The Hall–Kier alpha value is -2.66. The van der Waals surface area contributed by atoms with Gasteiger partial charge < -0.3 is 15.6 Å². The second kappa shape index (κ2) is 6.69. The molecule has 5 nitrogen and oxygen atoms in total. The number of carbonyl (C=O) groups is 1. The van der Waals surface area contributed by atoms with Crippen molar-refractivity contribution in [3.05, 3.63) is 53.6 Å². The summed E-state index contributed by atoms with van der Waals surface area (Å²) < 4.78 is 0. The summed E-state index contributed by atoms with van der Waals surface area (Å²) >= 11 is 0. The molecule has 128 valence electrons. The first-order valence-electron chi connectivity index (χ1n) is 8.81. The van der Waals surface area contributed by atoms with Crippen LogP contribution in [0.2, 0.25) is 0 Å². The molecule has 2 aromatic carbocycles. The van der Waals surface area contributed by atoms with Gasteiger partial charge in [-0.1, -0.05) is 30.3 Å². The van der Waals surface area contributed by atoms with E-state index in [0.717, 1.165) is 29.9 Å². The average molecular weight is 334 g/mol. The fraction of sp³-hybridized carbons (Fsp3) is 0.300. The van der Waals surface area contributed by atoms with Crippen LogP contribution in [-0.2, 0) is 6.42 Å². The van der Waals surface area contributed by atoms with Crippen molar-refractivity contribution in [2.24, 2.45) is 5.73 Å². The number of aromatic amines is 1. The van der Waals surface area contributed by atoms with Crippen molar-refractivity contribution in [1.82, 2.24) is 14.9 Å². The van der Waals surface area contributed by atoms with E-state index in [1.165, 1.54) is 31.5 Å². The molecule has 3 N–H and O–H groups in total. The fourth-order valence-electron chi connectivity index (χ4n) is 3.49. The highest BCUT2D eigenvalue weighted by Crippen LogP contribution is 2.23. The van der Waals surface area contributed by atoms with E-state index < -0.39 is 5.91 Å². The summed E-state index contributed by atoms with van der Waals surface area (Å²) in [7, 11) is 0. The van der Waals surface area contributed by atoms with E-state index in [2.05, 4.69) is 39.1 Å². The van der Waals surface area contributed by atoms with Crippen molar-refractivity contribution in [1.29, 1.82) is 0 Å². The predicted octanol–water partition coefficient (Wildman–Crippen LogP) is 2.97. The first-order chi connectivity index (χ1) is 12.2. The van der Waals surface area contributed by atoms with E-state index in [1.54, 1.807) is 6.07 Å². The van der Waals surface area contributed by atoms with Gasteiger partial charge in [-0.15, -0.1) is 0 Å². The van der Waals surface area contributed by atoms with Crippen molar-refractivity contribution in [2.75, 3.05) is 19.6 Å². The molecule has 1 fully saturated rings. The molecule has 1 aliphatic rings. The molecule has 4 rings (SSSR count). The monoisotopic (exact) mass is 334 g/mol. The van der Waals surface area contributed by atoms with Crippen LogP contribution in [0.15, 0.2) is 42.5 Å². The number of nitrogens with one attached hydrogen (secondary N) is 1. The van der Waals surface area contributed by atoms with E-state index in [0.29, 0.717) is 11.1 Å². The molecule has 1 amide bonds. The number of hydrogen-bond donors (Lipinski definition) is 2. The second-order valence-electron chi connectivity index (χ2n) is 6.65. The highest BCUT2D eigenvalue weighted by molar-refractivity contribution is 6.04. The normalized spacial score (nSPS) is 15.0. The molecule has 25 heavy (non-hydrogen) atoms. The Morgan fingerprint density at radius 1 is 1.12 bits per heavy atom. The molecule has 1 aliphatic heterocycles. The Balaban J connectivity index is 1.54. The summed E-state index contributed by atoms with van der Waals surface area (Å²) in [4.78, 5) is 21.9. The molecule has 0 saturated carbocycles. The number of imidazole rings is 1. The lowest BCUT2D eigenvalue weighted by molar-refractivity contribution is 0.100. The third-order valence-corrected chi connectivity index (χ3v) is 4.92. The maximum Gasteiger partial charge on any atom is 0.250 e. The zero-order valence-electron chi connectivity index (χ0n) is 14.2. The third kappa shape index (κ3) is 3.28. The standard InChI is InChI=1S/C20H22N4O/c21-19(25)16-4-3-5-17-18(16)23-20(22-17)15-8-6-14(7-9-15)10-13-24-11-1-2-12-24/h3-9H,1-2,10-13H2,(H2,21,25)(H,22,23). The number of primary amides is 1. The maximum absolute atomic E-state index is 11.6. The molecule has 1 saturated heterocycles. The first kappa shape index (κ1) is 15.8. The molecule has 3 aromatic rings. The zero-order valence-corrected chi connectivity index (χ0v) is 14.2. The number of amides is 1. The number of rotatable bonds is 5. The van der Waals surface area contributed by atoms with Gasteiger partial charge in [0.05, 0.1) is 11.1 Å². The van der Waals surface area contributed by atoms with Crippen LogP contribution < -0.4 is 5.73 Å². The van der Waals surface area contributed by atoms with Gasteiger partial charge in [-0.3, -0.25) is 4.79 Å². The van der Waals surface area contributed by atoms with Crippen molar-refractivity contribution in [3.63, 3.8) is 0 Å². The first-order valence-corrected chi connectivity index (χ1v) is 8.81. The van der Waals surface area contributed by atoms with Gasteiger partial charge in [-0.2, -0.15) is 0 Å². The van der Waals surface area contributed by atoms with Gasteiger partial charge in [-0.25, -0.2) is 4.98 Å². The molecule has 0 atom stereocenters. The molecule has 0 unspecified atom stereocenters. The van der Waals surface area contributed by atoms with E-state index in [1.807, 2.05) is 12.1 Å². The van der Waals surface area contributed by atoms with Gasteiger partial charge in [0.25, 0.3) is 5.91 Å². The molecular weight excluding hydrogens is 312 g/mol. The van der Waals surface area contributed by atoms with Crippen LogP contribution in [0.3, 0.4) is 0 Å². The highest BCUT2D eigenvalue weighted by atomic mass is 16.1. The summed E-state index contributed by atoms with van der Waals surface area (Å²) in [6.45, 7) is 3.60. The van der Waals surface area contributed by atoms with Gasteiger partial charge in [0.1, 0.15) is 11.3 Å². The Morgan fingerprint density at radius 3 is 2.60 bits per heavy atom. The lowest BCUT2D eigenvalue weighted by Crippen LogP contribution is -2.21. The number of aromatic nitrogens is 2. The summed E-state index contributed by atoms with van der Waals surface area (Å²) in [5.41, 5.74) is 9.68. The summed E-state index contributed by atoms with van der Waals surface area (Å²) in [5.74, 6) is 0.302. The van der Waals surface area contributed by atoms with Gasteiger partial charge in [0, 0.05) is 12.1 Å². The molecular formula is C20H22N4O. The summed E-state index contributed by atoms with van der Waals surface area (Å²) in [6, 6.07) is 13.9. The van der Waals surface area contributed by atoms with Crippen molar-refractivity contribution in [2.45, 2.75) is 19.3 Å². The van der Waals surface area contributed by atoms with Crippen LogP contribution in [0.25, 0.3) is 22.4 Å². The van der Waals surface area contributed by atoms with Crippen molar-refractivity contribution in [3.8, 4) is 11.4 Å². The predicted molar refractivity (Wildman–Crippen MR) is 99.4 cm³/mol. The SMILES string of the molecule is NC(=O)c1cccc2[nH]c(-c3ccc(CCN4CCCC4)cc3)nc12. The number of nitrogens with two attached hydrogens (primary N) is 1. The molecule has 0 spiro atoms. The molecule has 5 heteroatoms. The number of para-hydroxylation sites is 1. The van der Waals surface area contributed by atoms with Crippen LogP contribution in [0, 0.1) is 0 Å². The third-order valence-electron chi connectivity index (χ3n) is 4.92. The number of fused-ring (bicyclic) bond motifs is 1. The van der Waals surface area contributed by atoms with E-state index in [9.17, 15) is 4.79 Å². The Kier molecular flexibility index (Phi) is 4.24. The number of H-pyrrole nitrogens is 1. The topological polar surface area (TPSA) is 75.0 Å². The quantitative estimate of drug-likeness (QED) is 0.753. The minimum Gasteiger partial charge on any atom is -0.366 e. The minimum atomic E-state index is -0.457. The number of hydrogen-bond acceptors (Lipinski definition) is 3. The number of likely N-dealkylation sites (tertiary alicyclic amines) is 1. The summed E-state index contributed by atoms with van der Waals surface area (Å²) in [5, 5.41) is 0. The van der Waals surface area contributed by atoms with Crippen LogP contribution in [0.4, 0.5) is 0 Å². The second-order valence-corrected chi connectivity index (χ2v) is 6.65. The van der Waals surface area contributed by atoms with Crippen LogP contribution in [-0.4, -0.2) is 40.4 Å². The number of nitrogens with zero attached hydrogens (tertiary/aromatic N) is 2. The summed E-state index contributed by atoms with van der Waals surface area (Å²) in [6.07, 6.45) is 3.74. The molecule has 1 aromatic heterocycles. The molecule has 0 bridgehead atoms. The maximum atomic E-state index is 11.6. The minimum absolute atomic E-state index is 0.447. The van der Waals surface area contributed by atoms with E-state index >= 15 is 0 Å². The Morgan fingerprint density at radius 2 is 1.88 bits per heavy atom. The van der Waals surface area contributed by atoms with Crippen molar-refractivity contribution >= 4 is 16.9 Å². The van der Waals surface area contributed by atoms with Crippen LogP contribution in [0.1, 0.15) is 28.8 Å². The smallest absolute Gasteiger partial charge is 0.250 e. The lowest BCUT2D eigenvalue weighted by Gasteiger charge is -2.14. The van der Waals surface area contributed by atoms with Gasteiger partial charge >= 0.3 is 0 Å². The van der Waals surface area contributed by atoms with E-state index in [-0.39, 0.29) is 0 Å².